The zero-order valence-corrected chi connectivity index (χ0v) is 19.2. The molecule has 1 aliphatic heterocycles. The minimum atomic E-state index is -2.62. The Bertz CT molecular complexity index is 954. The molecular formula is C24H32F2N6O2. The monoisotopic (exact) mass is 474 g/mol. The van der Waals surface area contributed by atoms with Crippen molar-refractivity contribution in [3.05, 3.63) is 42.0 Å². The van der Waals surface area contributed by atoms with Crippen molar-refractivity contribution in [2.45, 2.75) is 69.4 Å². The van der Waals surface area contributed by atoms with Gasteiger partial charge in [-0.05, 0) is 62.8 Å². The van der Waals surface area contributed by atoms with Crippen LogP contribution in [0.4, 0.5) is 20.4 Å². The maximum Gasteiger partial charge on any atom is 0.326 e. The number of carboxylic acid groups (broad SMARTS) is 1. The third-order valence-corrected chi connectivity index (χ3v) is 6.57. The highest BCUT2D eigenvalue weighted by Crippen LogP contribution is 2.40. The largest absolute Gasteiger partial charge is 0.480 e. The van der Waals surface area contributed by atoms with Gasteiger partial charge in [-0.15, -0.1) is 0 Å². The maximum atomic E-state index is 13.5. The van der Waals surface area contributed by atoms with Crippen molar-refractivity contribution in [1.82, 2.24) is 19.9 Å². The first-order valence-electron chi connectivity index (χ1n) is 12.0. The lowest BCUT2D eigenvalue weighted by Crippen LogP contribution is -2.52. The molecular weight excluding hydrogens is 442 g/mol. The van der Waals surface area contributed by atoms with Crippen LogP contribution in [0.5, 0.6) is 0 Å². The Morgan fingerprint density at radius 2 is 2.12 bits per heavy atom. The second-order valence-electron chi connectivity index (χ2n) is 9.17. The van der Waals surface area contributed by atoms with Gasteiger partial charge in [0.2, 0.25) is 0 Å². The van der Waals surface area contributed by atoms with Gasteiger partial charge in [0.05, 0.1) is 0 Å². The molecule has 8 nitrogen and oxygen atoms in total. The number of alkyl halides is 2. The number of aliphatic carboxylic acids is 1. The number of halogens is 2. The zero-order valence-electron chi connectivity index (χ0n) is 19.2. The summed E-state index contributed by atoms with van der Waals surface area (Å²) in [4.78, 5) is 26.3. The standard InChI is InChI=1S/C24H32F2N6O2/c25-24(26)14-19(15-24)32(13-9-20(23(33)34)31-21-8-11-27-16-29-21)12-2-1-5-18-7-6-17-4-3-10-28-22(17)30-18/h6-8,11,16,19-20H,1-5,9-10,12-15H2,(H,28,30)(H,33,34)(H,27,29,31). The molecule has 0 spiro atoms. The average molecular weight is 475 g/mol. The molecule has 0 bridgehead atoms. The number of unbranched alkanes of at least 4 members (excludes halogenated alkanes) is 1. The topological polar surface area (TPSA) is 103 Å². The Labute approximate surface area is 198 Å². The second-order valence-corrected chi connectivity index (χ2v) is 9.17. The number of pyridine rings is 1. The molecule has 184 valence electrons. The summed E-state index contributed by atoms with van der Waals surface area (Å²) in [5, 5.41) is 15.9. The van der Waals surface area contributed by atoms with Gasteiger partial charge in [0.1, 0.15) is 24.0 Å². The van der Waals surface area contributed by atoms with Crippen molar-refractivity contribution in [2.75, 3.05) is 30.3 Å². The molecule has 3 N–H and O–H groups in total. The molecule has 0 saturated heterocycles. The predicted molar refractivity (Wildman–Crippen MR) is 125 cm³/mol. The summed E-state index contributed by atoms with van der Waals surface area (Å²) in [5.41, 5.74) is 2.30. The molecule has 1 atom stereocenters. The van der Waals surface area contributed by atoms with Crippen LogP contribution in [-0.4, -0.2) is 68.6 Å². The first kappa shape index (κ1) is 24.3. The van der Waals surface area contributed by atoms with Crippen LogP contribution in [0, 0.1) is 0 Å². The van der Waals surface area contributed by atoms with Crippen LogP contribution >= 0.6 is 0 Å². The summed E-state index contributed by atoms with van der Waals surface area (Å²) in [6.07, 6.45) is 7.59. The number of carbonyl (C=O) groups is 1. The highest BCUT2D eigenvalue weighted by atomic mass is 19.3. The molecule has 0 radical (unpaired) electrons. The van der Waals surface area contributed by atoms with Gasteiger partial charge in [0, 0.05) is 43.9 Å². The van der Waals surface area contributed by atoms with Crippen LogP contribution in [0.2, 0.25) is 0 Å². The number of nitrogens with zero attached hydrogens (tertiary/aromatic N) is 4. The molecule has 2 aliphatic rings. The van der Waals surface area contributed by atoms with E-state index in [0.29, 0.717) is 25.3 Å². The Morgan fingerprint density at radius 1 is 1.26 bits per heavy atom. The van der Waals surface area contributed by atoms with E-state index in [2.05, 4.69) is 32.7 Å². The van der Waals surface area contributed by atoms with E-state index >= 15 is 0 Å². The van der Waals surface area contributed by atoms with Crippen molar-refractivity contribution in [3.63, 3.8) is 0 Å². The van der Waals surface area contributed by atoms with Crippen LogP contribution in [0.15, 0.2) is 30.7 Å². The average Bonchev–Trinajstić information content (AvgIpc) is 2.81. The summed E-state index contributed by atoms with van der Waals surface area (Å²) < 4.78 is 27.1. The second kappa shape index (κ2) is 11.0. The molecule has 0 aromatic carbocycles. The lowest BCUT2D eigenvalue weighted by atomic mass is 9.86. The Balaban J connectivity index is 1.28. The van der Waals surface area contributed by atoms with Crippen LogP contribution in [0.25, 0.3) is 0 Å². The number of aryl methyl sites for hydroxylation is 2. The lowest BCUT2D eigenvalue weighted by molar-refractivity contribution is -0.139. The minimum absolute atomic E-state index is 0.165. The summed E-state index contributed by atoms with van der Waals surface area (Å²) in [6, 6.07) is 4.75. The van der Waals surface area contributed by atoms with E-state index in [1.165, 1.54) is 18.1 Å². The van der Waals surface area contributed by atoms with Gasteiger partial charge in [-0.1, -0.05) is 6.07 Å². The predicted octanol–water partition coefficient (Wildman–Crippen LogP) is 3.61. The minimum Gasteiger partial charge on any atom is -0.480 e. The van der Waals surface area contributed by atoms with Gasteiger partial charge in [0.25, 0.3) is 5.92 Å². The van der Waals surface area contributed by atoms with E-state index in [9.17, 15) is 18.7 Å². The number of anilines is 2. The fraction of sp³-hybridized carbons (Fsp3) is 0.583. The number of nitrogens with one attached hydrogen (secondary N) is 2. The van der Waals surface area contributed by atoms with Gasteiger partial charge in [-0.3, -0.25) is 4.90 Å². The molecule has 4 rings (SSSR count). The van der Waals surface area contributed by atoms with Gasteiger partial charge >= 0.3 is 5.97 Å². The van der Waals surface area contributed by atoms with Crippen molar-refractivity contribution in [3.8, 4) is 0 Å². The van der Waals surface area contributed by atoms with Crippen molar-refractivity contribution >= 4 is 17.6 Å². The smallest absolute Gasteiger partial charge is 0.326 e. The van der Waals surface area contributed by atoms with Crippen molar-refractivity contribution < 1.29 is 18.7 Å². The molecule has 2 aromatic heterocycles. The van der Waals surface area contributed by atoms with Crippen LogP contribution < -0.4 is 10.6 Å². The van der Waals surface area contributed by atoms with E-state index < -0.39 is 17.9 Å². The first-order chi connectivity index (χ1) is 16.4. The molecule has 1 unspecified atom stereocenters. The maximum absolute atomic E-state index is 13.5. The first-order valence-corrected chi connectivity index (χ1v) is 12.0. The Kier molecular flexibility index (Phi) is 7.87. The summed E-state index contributed by atoms with van der Waals surface area (Å²) in [7, 11) is 0. The zero-order chi connectivity index (χ0) is 24.0. The van der Waals surface area contributed by atoms with E-state index in [4.69, 9.17) is 4.98 Å². The molecule has 1 fully saturated rings. The van der Waals surface area contributed by atoms with Crippen molar-refractivity contribution in [1.29, 1.82) is 0 Å². The summed E-state index contributed by atoms with van der Waals surface area (Å²) >= 11 is 0. The summed E-state index contributed by atoms with van der Waals surface area (Å²) in [5.74, 6) is -2.20. The third-order valence-electron chi connectivity index (χ3n) is 6.57. The highest BCUT2D eigenvalue weighted by molar-refractivity contribution is 5.76. The number of hydrogen-bond donors (Lipinski definition) is 3. The molecule has 2 aromatic rings. The van der Waals surface area contributed by atoms with Gasteiger partial charge in [-0.2, -0.15) is 0 Å². The number of carboxylic acids is 1. The molecule has 0 amide bonds. The quantitative estimate of drug-likeness (QED) is 0.401. The normalized spacial score (nSPS) is 18.0. The van der Waals surface area contributed by atoms with E-state index in [1.54, 1.807) is 6.07 Å². The molecule has 10 heteroatoms. The molecule has 1 aliphatic carbocycles. The molecule has 34 heavy (non-hydrogen) atoms. The van der Waals surface area contributed by atoms with E-state index in [0.717, 1.165) is 50.2 Å². The Morgan fingerprint density at radius 3 is 2.85 bits per heavy atom. The van der Waals surface area contributed by atoms with E-state index in [-0.39, 0.29) is 18.9 Å². The fourth-order valence-corrected chi connectivity index (χ4v) is 4.60. The fourth-order valence-electron chi connectivity index (χ4n) is 4.60. The number of hydrogen-bond acceptors (Lipinski definition) is 7. The third kappa shape index (κ3) is 6.59. The van der Waals surface area contributed by atoms with Gasteiger partial charge < -0.3 is 15.7 Å². The number of aromatic nitrogens is 3. The van der Waals surface area contributed by atoms with Crippen LogP contribution in [-0.2, 0) is 17.6 Å². The summed E-state index contributed by atoms with van der Waals surface area (Å²) in [6.45, 7) is 2.04. The van der Waals surface area contributed by atoms with Gasteiger partial charge in [-0.25, -0.2) is 28.5 Å². The number of rotatable bonds is 12. The number of fused-ring (bicyclic) bond motifs is 1. The lowest BCUT2D eigenvalue weighted by Gasteiger charge is -2.43. The molecule has 3 heterocycles. The SMILES string of the molecule is O=C(O)C(CCN(CCCCc1ccc2c(n1)NCCC2)C1CC(F)(F)C1)Nc1ccncn1. The van der Waals surface area contributed by atoms with Gasteiger partial charge in [0.15, 0.2) is 0 Å². The highest BCUT2D eigenvalue weighted by Gasteiger charge is 2.47. The Hall–Kier alpha value is -2.88. The van der Waals surface area contributed by atoms with Crippen LogP contribution in [0.1, 0.15) is 49.8 Å². The van der Waals surface area contributed by atoms with E-state index in [1.807, 2.05) is 4.90 Å². The van der Waals surface area contributed by atoms with Crippen molar-refractivity contribution in [2.24, 2.45) is 0 Å². The van der Waals surface area contributed by atoms with Crippen LogP contribution in [0.3, 0.4) is 0 Å². The molecule has 1 saturated carbocycles.